The molecule has 0 radical (unpaired) electrons. The molecule has 0 fully saturated rings. The van der Waals surface area contributed by atoms with Gasteiger partial charge >= 0.3 is 12.2 Å². The predicted octanol–water partition coefficient (Wildman–Crippen LogP) is 3.27. The van der Waals surface area contributed by atoms with E-state index in [0.717, 1.165) is 12.1 Å². The van der Waals surface area contributed by atoms with E-state index >= 15 is 0 Å². The summed E-state index contributed by atoms with van der Waals surface area (Å²) in [5.41, 5.74) is -0.132. The Morgan fingerprint density at radius 1 is 1.06 bits per heavy atom. The third-order valence-electron chi connectivity index (χ3n) is 3.97. The summed E-state index contributed by atoms with van der Waals surface area (Å²) in [5, 5.41) is 7.88. The molecule has 12 heteroatoms. The molecule has 1 aromatic heterocycles. The lowest BCUT2D eigenvalue weighted by molar-refractivity contribution is -0.137. The van der Waals surface area contributed by atoms with Crippen LogP contribution in [0.3, 0.4) is 0 Å². The molecule has 31 heavy (non-hydrogen) atoms. The van der Waals surface area contributed by atoms with Gasteiger partial charge in [0, 0.05) is 12.1 Å². The SMILES string of the molecule is CCOc1nc(Cc2cccc(S(N)(=O)=O)c2)nc(Nc2cccc(C(F)(F)F)c2)n1. The zero-order chi connectivity index (χ0) is 22.6. The molecule has 3 N–H and O–H groups in total. The highest BCUT2D eigenvalue weighted by atomic mass is 32.2. The number of aromatic nitrogens is 3. The lowest BCUT2D eigenvalue weighted by Crippen LogP contribution is -2.12. The van der Waals surface area contributed by atoms with E-state index in [1.165, 1.54) is 30.3 Å². The lowest BCUT2D eigenvalue weighted by atomic mass is 10.1. The number of anilines is 2. The number of alkyl halides is 3. The third-order valence-corrected chi connectivity index (χ3v) is 4.88. The smallest absolute Gasteiger partial charge is 0.416 e. The summed E-state index contributed by atoms with van der Waals surface area (Å²) in [5.74, 6) is 0.204. The van der Waals surface area contributed by atoms with Crippen LogP contribution in [0, 0.1) is 0 Å². The van der Waals surface area contributed by atoms with Gasteiger partial charge in [-0.15, -0.1) is 0 Å². The fourth-order valence-corrected chi connectivity index (χ4v) is 3.23. The average Bonchev–Trinajstić information content (AvgIpc) is 2.67. The summed E-state index contributed by atoms with van der Waals surface area (Å²) in [7, 11) is -3.88. The molecule has 3 rings (SSSR count). The topological polar surface area (TPSA) is 120 Å². The van der Waals surface area contributed by atoms with Gasteiger partial charge in [-0.05, 0) is 42.8 Å². The number of ether oxygens (including phenoxy) is 1. The highest BCUT2D eigenvalue weighted by Gasteiger charge is 2.30. The second-order valence-electron chi connectivity index (χ2n) is 6.36. The number of rotatable bonds is 7. The van der Waals surface area contributed by atoms with Crippen molar-refractivity contribution in [3.8, 4) is 6.01 Å². The first-order valence-electron chi connectivity index (χ1n) is 8.98. The van der Waals surface area contributed by atoms with E-state index in [2.05, 4.69) is 20.3 Å². The van der Waals surface area contributed by atoms with Crippen LogP contribution in [-0.4, -0.2) is 30.0 Å². The van der Waals surface area contributed by atoms with Crippen LogP contribution in [0.5, 0.6) is 6.01 Å². The Kier molecular flexibility index (Phi) is 6.41. The van der Waals surface area contributed by atoms with E-state index < -0.39 is 21.8 Å². The Balaban J connectivity index is 1.92. The monoisotopic (exact) mass is 453 g/mol. The van der Waals surface area contributed by atoms with Crippen LogP contribution in [0.25, 0.3) is 0 Å². The summed E-state index contributed by atoms with van der Waals surface area (Å²) in [6.45, 7) is 1.98. The largest absolute Gasteiger partial charge is 0.464 e. The summed E-state index contributed by atoms with van der Waals surface area (Å²) in [6, 6.07) is 10.5. The van der Waals surface area contributed by atoms with E-state index in [4.69, 9.17) is 9.88 Å². The molecule has 0 aliphatic heterocycles. The molecule has 0 spiro atoms. The van der Waals surface area contributed by atoms with Gasteiger partial charge < -0.3 is 10.1 Å². The first-order chi connectivity index (χ1) is 14.5. The number of nitrogens with one attached hydrogen (secondary N) is 1. The molecule has 0 atom stereocenters. The minimum Gasteiger partial charge on any atom is -0.464 e. The number of sulfonamides is 1. The van der Waals surface area contributed by atoms with Crippen molar-refractivity contribution in [3.05, 3.63) is 65.5 Å². The van der Waals surface area contributed by atoms with E-state index in [-0.39, 0.29) is 41.4 Å². The maximum atomic E-state index is 13.0. The van der Waals surface area contributed by atoms with Gasteiger partial charge in [0.05, 0.1) is 17.1 Å². The standard InChI is InChI=1S/C19H18F3N5O3S/c1-2-30-18-26-16(10-12-5-3-8-15(9-12)31(23,28)29)25-17(27-18)24-14-7-4-6-13(11-14)19(20,21)22/h3-9,11H,2,10H2,1H3,(H2,23,28,29)(H,24,25,26,27). The van der Waals surface area contributed by atoms with E-state index in [1.807, 2.05) is 0 Å². The van der Waals surface area contributed by atoms with Crippen molar-refractivity contribution >= 4 is 21.7 Å². The molecular weight excluding hydrogens is 435 g/mol. The Morgan fingerprint density at radius 2 is 1.81 bits per heavy atom. The second kappa shape index (κ2) is 8.86. The summed E-state index contributed by atoms with van der Waals surface area (Å²) < 4.78 is 67.3. The molecule has 0 unspecified atom stereocenters. The van der Waals surface area contributed by atoms with Crippen LogP contribution in [0.2, 0.25) is 0 Å². The molecule has 0 aliphatic carbocycles. The van der Waals surface area contributed by atoms with E-state index in [9.17, 15) is 21.6 Å². The summed E-state index contributed by atoms with van der Waals surface area (Å²) in [6.07, 6.45) is -4.38. The quantitative estimate of drug-likeness (QED) is 0.563. The zero-order valence-corrected chi connectivity index (χ0v) is 17.0. The van der Waals surface area contributed by atoms with Gasteiger partial charge in [0.15, 0.2) is 0 Å². The predicted molar refractivity (Wildman–Crippen MR) is 106 cm³/mol. The fraction of sp³-hybridized carbons (Fsp3) is 0.211. The van der Waals surface area contributed by atoms with Crippen molar-refractivity contribution in [2.24, 2.45) is 5.14 Å². The lowest BCUT2D eigenvalue weighted by Gasteiger charge is -2.11. The first kappa shape index (κ1) is 22.4. The molecule has 0 aliphatic rings. The van der Waals surface area contributed by atoms with Gasteiger partial charge in [-0.25, -0.2) is 13.6 Å². The van der Waals surface area contributed by atoms with Crippen molar-refractivity contribution in [1.82, 2.24) is 15.0 Å². The normalized spacial score (nSPS) is 11.9. The summed E-state index contributed by atoms with van der Waals surface area (Å²) in [4.78, 5) is 12.4. The number of benzene rings is 2. The molecule has 2 aromatic carbocycles. The van der Waals surface area contributed by atoms with Crippen LogP contribution < -0.4 is 15.2 Å². The Morgan fingerprint density at radius 3 is 2.48 bits per heavy atom. The molecule has 3 aromatic rings. The minimum absolute atomic E-state index is 0.0182. The summed E-state index contributed by atoms with van der Waals surface area (Å²) >= 11 is 0. The fourth-order valence-electron chi connectivity index (χ4n) is 2.64. The van der Waals surface area contributed by atoms with Gasteiger partial charge in [-0.2, -0.15) is 28.1 Å². The Bertz CT molecular complexity index is 1190. The molecule has 1 heterocycles. The maximum Gasteiger partial charge on any atom is 0.416 e. The molecule has 0 bridgehead atoms. The number of hydrogen-bond acceptors (Lipinski definition) is 7. The van der Waals surface area contributed by atoms with Gasteiger partial charge in [-0.3, -0.25) is 0 Å². The van der Waals surface area contributed by atoms with Gasteiger partial charge in [0.2, 0.25) is 16.0 Å². The Hall–Kier alpha value is -3.25. The van der Waals surface area contributed by atoms with Gasteiger partial charge in [-0.1, -0.05) is 18.2 Å². The molecule has 164 valence electrons. The number of nitrogens with two attached hydrogens (primary N) is 1. The van der Waals surface area contributed by atoms with Crippen molar-refractivity contribution in [2.75, 3.05) is 11.9 Å². The third kappa shape index (κ3) is 6.12. The maximum absolute atomic E-state index is 13.0. The number of nitrogens with zero attached hydrogens (tertiary/aromatic N) is 3. The van der Waals surface area contributed by atoms with Crippen molar-refractivity contribution in [1.29, 1.82) is 0 Å². The first-order valence-corrected chi connectivity index (χ1v) is 10.5. The van der Waals surface area contributed by atoms with Crippen molar-refractivity contribution in [2.45, 2.75) is 24.4 Å². The van der Waals surface area contributed by atoms with Crippen LogP contribution in [0.4, 0.5) is 24.8 Å². The highest BCUT2D eigenvalue weighted by molar-refractivity contribution is 7.89. The Labute approximate surface area is 176 Å². The van der Waals surface area contributed by atoms with Crippen LogP contribution in [0.15, 0.2) is 53.4 Å². The second-order valence-corrected chi connectivity index (χ2v) is 7.93. The van der Waals surface area contributed by atoms with E-state index in [1.54, 1.807) is 13.0 Å². The molecule has 0 saturated carbocycles. The van der Waals surface area contributed by atoms with Crippen LogP contribution >= 0.6 is 0 Å². The number of hydrogen-bond donors (Lipinski definition) is 2. The zero-order valence-electron chi connectivity index (χ0n) is 16.2. The molecule has 0 saturated heterocycles. The van der Waals surface area contributed by atoms with Crippen LogP contribution in [-0.2, 0) is 22.6 Å². The van der Waals surface area contributed by atoms with Crippen molar-refractivity contribution < 1.29 is 26.3 Å². The minimum atomic E-state index is -4.49. The number of halogens is 3. The van der Waals surface area contributed by atoms with E-state index in [0.29, 0.717) is 5.56 Å². The number of primary sulfonamides is 1. The van der Waals surface area contributed by atoms with Crippen LogP contribution in [0.1, 0.15) is 23.9 Å². The molecular formula is C19H18F3N5O3S. The van der Waals surface area contributed by atoms with Gasteiger partial charge in [0.25, 0.3) is 0 Å². The molecule has 0 amide bonds. The molecule has 8 nitrogen and oxygen atoms in total. The van der Waals surface area contributed by atoms with Crippen molar-refractivity contribution in [3.63, 3.8) is 0 Å². The highest BCUT2D eigenvalue weighted by Crippen LogP contribution is 2.31. The van der Waals surface area contributed by atoms with Gasteiger partial charge in [0.1, 0.15) is 5.82 Å². The average molecular weight is 453 g/mol.